The number of aryl methyl sites for hydroxylation is 1. The van der Waals surface area contributed by atoms with Crippen molar-refractivity contribution >= 4 is 17.4 Å². The SMILES string of the molecule is C=CCOc1cccc([C@@H]2C(=C(O)c3ccc4c(c3)OCCO4)C(=O)C(=O)N2CCCn2ccnc2)c1. The largest absolute Gasteiger partial charge is 0.507 e. The number of aliphatic hydroxyl groups is 1. The van der Waals surface area contributed by atoms with Crippen molar-refractivity contribution in [1.29, 1.82) is 0 Å². The summed E-state index contributed by atoms with van der Waals surface area (Å²) in [6, 6.07) is 11.3. The van der Waals surface area contributed by atoms with E-state index in [1.54, 1.807) is 55.0 Å². The van der Waals surface area contributed by atoms with E-state index in [0.717, 1.165) is 0 Å². The minimum Gasteiger partial charge on any atom is -0.507 e. The van der Waals surface area contributed by atoms with Crippen LogP contribution >= 0.6 is 0 Å². The third-order valence-electron chi connectivity index (χ3n) is 6.27. The molecule has 9 heteroatoms. The average Bonchev–Trinajstić information content (AvgIpc) is 3.54. The van der Waals surface area contributed by atoms with E-state index in [0.29, 0.717) is 67.7 Å². The van der Waals surface area contributed by atoms with E-state index >= 15 is 0 Å². The van der Waals surface area contributed by atoms with Gasteiger partial charge in [-0.3, -0.25) is 9.59 Å². The predicted octanol–water partition coefficient (Wildman–Crippen LogP) is 3.73. The summed E-state index contributed by atoms with van der Waals surface area (Å²) in [5, 5.41) is 11.4. The number of nitrogens with zero attached hydrogens (tertiary/aromatic N) is 3. The number of hydrogen-bond acceptors (Lipinski definition) is 7. The number of aromatic nitrogens is 2. The van der Waals surface area contributed by atoms with Gasteiger partial charge in [-0.05, 0) is 42.3 Å². The van der Waals surface area contributed by atoms with Gasteiger partial charge in [-0.2, -0.15) is 0 Å². The molecule has 9 nitrogen and oxygen atoms in total. The first-order valence-electron chi connectivity index (χ1n) is 12.0. The molecule has 0 radical (unpaired) electrons. The number of imidazole rings is 1. The Balaban J connectivity index is 1.54. The molecule has 0 spiro atoms. The van der Waals surface area contributed by atoms with E-state index in [1.807, 2.05) is 16.8 Å². The molecule has 0 aliphatic carbocycles. The maximum absolute atomic E-state index is 13.3. The van der Waals surface area contributed by atoms with E-state index in [9.17, 15) is 14.7 Å². The van der Waals surface area contributed by atoms with Crippen LogP contribution in [-0.4, -0.2) is 57.6 Å². The fourth-order valence-corrected chi connectivity index (χ4v) is 4.58. The topological polar surface area (TPSA) is 103 Å². The number of rotatable bonds is 9. The van der Waals surface area contributed by atoms with E-state index in [1.165, 1.54) is 4.90 Å². The van der Waals surface area contributed by atoms with Crippen LogP contribution in [0, 0.1) is 0 Å². The van der Waals surface area contributed by atoms with Crippen molar-refractivity contribution in [2.45, 2.75) is 19.0 Å². The van der Waals surface area contributed by atoms with Gasteiger partial charge in [0.05, 0.1) is 17.9 Å². The first-order chi connectivity index (χ1) is 18.1. The van der Waals surface area contributed by atoms with Gasteiger partial charge >= 0.3 is 0 Å². The molecule has 0 unspecified atom stereocenters. The molecule has 3 heterocycles. The standard InChI is InChI=1S/C28H27N3O6/c1-2-13-35-21-6-3-5-19(16-21)25-24(26(32)20-7-8-22-23(17-20)37-15-14-36-22)27(33)28(34)31(25)11-4-10-30-12-9-29-18-30/h2-3,5-9,12,16-18,25,32H,1,4,10-11,13-15H2/t25-/m1/s1. The molecule has 1 saturated heterocycles. The molecule has 3 aromatic rings. The monoisotopic (exact) mass is 501 g/mol. The molecule has 1 fully saturated rings. The molecule has 0 saturated carbocycles. The molecule has 2 aliphatic heterocycles. The van der Waals surface area contributed by atoms with Crippen LogP contribution in [0.2, 0.25) is 0 Å². The first kappa shape index (κ1) is 24.2. The summed E-state index contributed by atoms with van der Waals surface area (Å²) in [6.45, 7) is 5.74. The number of ketones is 1. The maximum atomic E-state index is 13.3. The van der Waals surface area contributed by atoms with Crippen LogP contribution in [0.15, 0.2) is 79.4 Å². The van der Waals surface area contributed by atoms with Crippen molar-refractivity contribution < 1.29 is 28.9 Å². The molecular weight excluding hydrogens is 474 g/mol. The number of hydrogen-bond donors (Lipinski definition) is 1. The van der Waals surface area contributed by atoms with E-state index in [4.69, 9.17) is 14.2 Å². The highest BCUT2D eigenvalue weighted by Gasteiger charge is 2.46. The summed E-state index contributed by atoms with van der Waals surface area (Å²) < 4.78 is 18.8. The Morgan fingerprint density at radius 2 is 1.97 bits per heavy atom. The van der Waals surface area contributed by atoms with E-state index in [-0.39, 0.29) is 11.3 Å². The zero-order chi connectivity index (χ0) is 25.8. The fourth-order valence-electron chi connectivity index (χ4n) is 4.58. The Morgan fingerprint density at radius 3 is 2.76 bits per heavy atom. The molecule has 2 aromatic carbocycles. The van der Waals surface area contributed by atoms with Gasteiger partial charge in [0, 0.05) is 31.0 Å². The zero-order valence-electron chi connectivity index (χ0n) is 20.2. The molecule has 1 N–H and O–H groups in total. The Kier molecular flexibility index (Phi) is 6.93. The van der Waals surface area contributed by atoms with Gasteiger partial charge in [0.2, 0.25) is 0 Å². The minimum atomic E-state index is -0.789. The number of carbonyl (C=O) groups is 2. The van der Waals surface area contributed by atoms with Crippen molar-refractivity contribution in [3.63, 3.8) is 0 Å². The summed E-state index contributed by atoms with van der Waals surface area (Å²) in [7, 11) is 0. The Bertz CT molecular complexity index is 1350. The maximum Gasteiger partial charge on any atom is 0.295 e. The van der Waals surface area contributed by atoms with Crippen LogP contribution in [0.5, 0.6) is 17.2 Å². The van der Waals surface area contributed by atoms with Crippen molar-refractivity contribution in [3.8, 4) is 17.2 Å². The molecule has 0 bridgehead atoms. The Morgan fingerprint density at radius 1 is 1.14 bits per heavy atom. The highest BCUT2D eigenvalue weighted by atomic mass is 16.6. The molecular formula is C28H27N3O6. The summed E-state index contributed by atoms with van der Waals surface area (Å²) >= 11 is 0. The summed E-state index contributed by atoms with van der Waals surface area (Å²) in [5.74, 6) is -0.0623. The van der Waals surface area contributed by atoms with E-state index < -0.39 is 17.7 Å². The van der Waals surface area contributed by atoms with Gasteiger partial charge in [0.15, 0.2) is 11.5 Å². The average molecular weight is 502 g/mol. The number of likely N-dealkylation sites (tertiary alicyclic amines) is 1. The molecule has 5 rings (SSSR count). The zero-order valence-corrected chi connectivity index (χ0v) is 20.2. The molecule has 1 amide bonds. The molecule has 37 heavy (non-hydrogen) atoms. The molecule has 1 aromatic heterocycles. The number of Topliss-reactive ketones (excluding diaryl/α,β-unsaturated/α-hetero) is 1. The second kappa shape index (κ2) is 10.6. The lowest BCUT2D eigenvalue weighted by molar-refractivity contribution is -0.139. The summed E-state index contributed by atoms with van der Waals surface area (Å²) in [6.07, 6.45) is 7.46. The summed E-state index contributed by atoms with van der Waals surface area (Å²) in [4.78, 5) is 32.1. The highest BCUT2D eigenvalue weighted by Crippen LogP contribution is 2.41. The lowest BCUT2D eigenvalue weighted by Crippen LogP contribution is -2.31. The third kappa shape index (κ3) is 4.93. The molecule has 1 atom stereocenters. The van der Waals surface area contributed by atoms with Gasteiger partial charge in [-0.15, -0.1) is 0 Å². The summed E-state index contributed by atoms with van der Waals surface area (Å²) in [5.41, 5.74) is 1.04. The third-order valence-corrected chi connectivity index (χ3v) is 6.27. The van der Waals surface area contributed by atoms with Crippen molar-refractivity contribution in [3.05, 3.63) is 90.5 Å². The molecule has 2 aliphatic rings. The van der Waals surface area contributed by atoms with Crippen LogP contribution in [0.4, 0.5) is 0 Å². The Labute approximate surface area is 214 Å². The number of aliphatic hydroxyl groups excluding tert-OH is 1. The number of amides is 1. The Hall–Kier alpha value is -4.53. The number of benzene rings is 2. The van der Waals surface area contributed by atoms with Crippen LogP contribution in [-0.2, 0) is 16.1 Å². The quantitative estimate of drug-likeness (QED) is 0.206. The van der Waals surface area contributed by atoms with Crippen molar-refractivity contribution in [1.82, 2.24) is 14.5 Å². The van der Waals surface area contributed by atoms with Gasteiger partial charge in [-0.25, -0.2) is 4.98 Å². The minimum absolute atomic E-state index is 0.0187. The van der Waals surface area contributed by atoms with Crippen LogP contribution in [0.3, 0.4) is 0 Å². The highest BCUT2D eigenvalue weighted by molar-refractivity contribution is 6.46. The molecule has 190 valence electrons. The second-order valence-corrected chi connectivity index (χ2v) is 8.68. The normalized spacial score (nSPS) is 18.2. The lowest BCUT2D eigenvalue weighted by atomic mass is 9.95. The van der Waals surface area contributed by atoms with E-state index in [2.05, 4.69) is 11.6 Å². The van der Waals surface area contributed by atoms with Gasteiger partial charge in [-0.1, -0.05) is 24.8 Å². The van der Waals surface area contributed by atoms with Crippen LogP contribution in [0.25, 0.3) is 5.76 Å². The lowest BCUT2D eigenvalue weighted by Gasteiger charge is -2.26. The van der Waals surface area contributed by atoms with Crippen molar-refractivity contribution in [2.75, 3.05) is 26.4 Å². The number of carbonyl (C=O) groups excluding carboxylic acids is 2. The van der Waals surface area contributed by atoms with Crippen LogP contribution < -0.4 is 14.2 Å². The second-order valence-electron chi connectivity index (χ2n) is 8.68. The van der Waals surface area contributed by atoms with Crippen LogP contribution in [0.1, 0.15) is 23.6 Å². The smallest absolute Gasteiger partial charge is 0.295 e. The first-order valence-corrected chi connectivity index (χ1v) is 12.0. The number of fused-ring (bicyclic) bond motifs is 1. The van der Waals surface area contributed by atoms with Gasteiger partial charge < -0.3 is 28.8 Å². The number of ether oxygens (including phenoxy) is 3. The van der Waals surface area contributed by atoms with Crippen molar-refractivity contribution in [2.24, 2.45) is 0 Å². The predicted molar refractivity (Wildman–Crippen MR) is 135 cm³/mol. The van der Waals surface area contributed by atoms with Gasteiger partial charge in [0.1, 0.15) is 31.3 Å². The van der Waals surface area contributed by atoms with Gasteiger partial charge in [0.25, 0.3) is 11.7 Å². The fraction of sp³-hybridized carbons (Fsp3) is 0.250.